The number of aromatic nitrogens is 6. The van der Waals surface area contributed by atoms with Gasteiger partial charge in [0.1, 0.15) is 22.7 Å². The molecule has 88 heavy (non-hydrogen) atoms. The Morgan fingerprint density at radius 2 is 0.773 bits per heavy atom. The molecule has 8 nitrogen and oxygen atoms in total. The van der Waals surface area contributed by atoms with Gasteiger partial charge in [0.2, 0.25) is 0 Å². The molecule has 0 saturated carbocycles. The molecule has 1 spiro atoms. The van der Waals surface area contributed by atoms with Crippen LogP contribution in [0.25, 0.3) is 144 Å². The molecule has 1 aliphatic carbocycles. The third-order valence-electron chi connectivity index (χ3n) is 17.5. The van der Waals surface area contributed by atoms with Crippen molar-refractivity contribution in [1.82, 2.24) is 29.9 Å². The number of benzene rings is 12. The number of furan rings is 1. The van der Waals surface area contributed by atoms with Gasteiger partial charge in [0.05, 0.1) is 5.41 Å². The van der Waals surface area contributed by atoms with Crippen LogP contribution in [0.2, 0.25) is 0 Å². The van der Waals surface area contributed by atoms with E-state index in [0.717, 1.165) is 115 Å². The Hall–Kier alpha value is -11.5. The molecule has 0 saturated heterocycles. The van der Waals surface area contributed by atoms with E-state index < -0.39 is 5.41 Å². The summed E-state index contributed by atoms with van der Waals surface area (Å²) in [5.41, 5.74) is 17.7. The highest BCUT2D eigenvalue weighted by Crippen LogP contribution is 2.64. The van der Waals surface area contributed by atoms with E-state index in [0.29, 0.717) is 34.9 Å². The lowest BCUT2D eigenvalue weighted by Crippen LogP contribution is -2.32. The quantitative estimate of drug-likeness (QED) is 0.148. The summed E-state index contributed by atoms with van der Waals surface area (Å²) in [7, 11) is 0. The van der Waals surface area contributed by atoms with Gasteiger partial charge in [-0.1, -0.05) is 237 Å². The van der Waals surface area contributed by atoms with Gasteiger partial charge in [0.15, 0.2) is 34.9 Å². The zero-order chi connectivity index (χ0) is 57.9. The molecule has 1 atom stereocenters. The maximum atomic E-state index is 7.23. The SMILES string of the molecule is c1ccc(-c2nc(-c3ccccc3)nc(-c3cccc4c3sc3cc(-c5cccc6c5Oc5ccccc5C65c6ccccc6-c6cc(-c7ccc8c(c7)oc7cccc(-c9nc(-c%10ccccc%10)nc(-c%10ccccc%10)n9)c78)ccc65)ccc34)n2)cc1. The van der Waals surface area contributed by atoms with Crippen molar-refractivity contribution in [1.29, 1.82) is 0 Å². The Bertz CT molecular complexity index is 5380. The summed E-state index contributed by atoms with van der Waals surface area (Å²) in [5, 5.41) is 4.27. The highest BCUT2D eigenvalue weighted by Gasteiger charge is 2.51. The van der Waals surface area contributed by atoms with E-state index in [1.807, 2.05) is 133 Å². The van der Waals surface area contributed by atoms with Gasteiger partial charge >= 0.3 is 0 Å². The molecular formula is C79H46N6O2S. The maximum absolute atomic E-state index is 7.23. The zero-order valence-corrected chi connectivity index (χ0v) is 47.8. The second-order valence-corrected chi connectivity index (χ2v) is 23.5. The lowest BCUT2D eigenvalue weighted by Gasteiger charge is -2.40. The van der Waals surface area contributed by atoms with E-state index in [1.165, 1.54) is 27.6 Å². The molecule has 16 aromatic rings. The maximum Gasteiger partial charge on any atom is 0.165 e. The highest BCUT2D eigenvalue weighted by molar-refractivity contribution is 7.26. The number of thiophene rings is 1. The monoisotopic (exact) mass is 1140 g/mol. The lowest BCUT2D eigenvalue weighted by atomic mass is 9.65. The smallest absolute Gasteiger partial charge is 0.165 e. The Kier molecular flexibility index (Phi) is 11.2. The Balaban J connectivity index is 0.746. The average molecular weight is 1140 g/mol. The van der Waals surface area contributed by atoms with Crippen LogP contribution in [0.1, 0.15) is 22.3 Å². The predicted molar refractivity (Wildman–Crippen MR) is 354 cm³/mol. The second-order valence-electron chi connectivity index (χ2n) is 22.4. The fourth-order valence-electron chi connectivity index (χ4n) is 13.5. The Morgan fingerprint density at radius 3 is 1.45 bits per heavy atom. The first-order chi connectivity index (χ1) is 43.6. The molecule has 5 heterocycles. The third kappa shape index (κ3) is 7.77. The highest BCUT2D eigenvalue weighted by atomic mass is 32.1. The van der Waals surface area contributed by atoms with Crippen molar-refractivity contribution >= 4 is 53.4 Å². The first-order valence-corrected chi connectivity index (χ1v) is 30.2. The van der Waals surface area contributed by atoms with Gasteiger partial charge in [0, 0.05) is 81.0 Å². The molecule has 1 aliphatic heterocycles. The number of hydrogen-bond donors (Lipinski definition) is 0. The first kappa shape index (κ1) is 49.9. The molecule has 0 N–H and O–H groups in total. The second kappa shape index (κ2) is 19.8. The van der Waals surface area contributed by atoms with Gasteiger partial charge in [-0.25, -0.2) is 29.9 Å². The van der Waals surface area contributed by atoms with Crippen LogP contribution in [0, 0.1) is 0 Å². The molecule has 2 aliphatic rings. The number of ether oxygens (including phenoxy) is 1. The van der Waals surface area contributed by atoms with Crippen LogP contribution in [0.3, 0.4) is 0 Å². The summed E-state index contributed by atoms with van der Waals surface area (Å²) in [6.45, 7) is 0. The van der Waals surface area contributed by atoms with Crippen molar-refractivity contribution in [2.45, 2.75) is 5.41 Å². The molecule has 0 fully saturated rings. The molecule has 0 amide bonds. The van der Waals surface area contributed by atoms with Crippen molar-refractivity contribution in [3.05, 3.63) is 301 Å². The van der Waals surface area contributed by atoms with Crippen LogP contribution < -0.4 is 4.74 Å². The van der Waals surface area contributed by atoms with Crippen molar-refractivity contribution in [2.24, 2.45) is 0 Å². The first-order valence-electron chi connectivity index (χ1n) is 29.4. The standard InChI is InChI=1S/C79H46N6O2S/c1-5-20-47(21-6-1)73-80-74(48-22-7-2-8-23-48)83-77(82-73)59-31-19-37-67-70(59)58-42-38-52(45-68(58)86-67)51-40-43-63-61(44-51)55-28-13-14-33-62(55)79(63)64-34-15-16-36-66(64)87-71-54(29-18-35-65(71)79)53-39-41-56-57-30-17-32-60(72(57)88-69(56)46-53)78-84-75(49-24-9-3-10-25-49)81-76(85-78)50-26-11-4-12-27-50/h1-46H. The molecule has 1 unspecified atom stereocenters. The van der Waals surface area contributed by atoms with Crippen LogP contribution in [-0.2, 0) is 5.41 Å². The summed E-state index contributed by atoms with van der Waals surface area (Å²) in [4.78, 5) is 30.5. The van der Waals surface area contributed by atoms with Crippen molar-refractivity contribution in [3.8, 4) is 113 Å². The van der Waals surface area contributed by atoms with E-state index in [9.17, 15) is 0 Å². The number of rotatable bonds is 8. The normalized spacial score (nSPS) is 13.8. The molecule has 12 aromatic carbocycles. The van der Waals surface area contributed by atoms with Crippen LogP contribution in [0.15, 0.2) is 283 Å². The molecule has 0 radical (unpaired) electrons. The minimum atomic E-state index is -0.683. The van der Waals surface area contributed by atoms with Crippen molar-refractivity contribution in [2.75, 3.05) is 0 Å². The van der Waals surface area contributed by atoms with E-state index in [4.69, 9.17) is 39.1 Å². The largest absolute Gasteiger partial charge is 0.456 e. The number of para-hydroxylation sites is 2. The molecule has 4 aromatic heterocycles. The fraction of sp³-hybridized carbons (Fsp3) is 0.0127. The van der Waals surface area contributed by atoms with Crippen molar-refractivity contribution in [3.63, 3.8) is 0 Å². The number of nitrogens with zero attached hydrogens (tertiary/aromatic N) is 6. The summed E-state index contributed by atoms with van der Waals surface area (Å²) < 4.78 is 16.3. The zero-order valence-electron chi connectivity index (χ0n) is 47.0. The average Bonchev–Trinajstić information content (AvgIpc) is 1.72. The van der Waals surface area contributed by atoms with Gasteiger partial charge in [0.25, 0.3) is 0 Å². The number of hydrogen-bond acceptors (Lipinski definition) is 9. The van der Waals surface area contributed by atoms with Gasteiger partial charge in [-0.05, 0) is 81.4 Å². The van der Waals surface area contributed by atoms with E-state index in [2.05, 4.69) is 146 Å². The van der Waals surface area contributed by atoms with Gasteiger partial charge < -0.3 is 9.15 Å². The third-order valence-corrected chi connectivity index (χ3v) is 18.7. The Labute approximate surface area is 509 Å². The molecule has 18 rings (SSSR count). The lowest BCUT2D eigenvalue weighted by molar-refractivity contribution is 0.438. The fourth-order valence-corrected chi connectivity index (χ4v) is 14.8. The minimum Gasteiger partial charge on any atom is -0.456 e. The summed E-state index contributed by atoms with van der Waals surface area (Å²) in [6, 6.07) is 97.6. The Morgan fingerprint density at radius 1 is 0.284 bits per heavy atom. The summed E-state index contributed by atoms with van der Waals surface area (Å²) in [5.74, 6) is 5.40. The summed E-state index contributed by atoms with van der Waals surface area (Å²) >= 11 is 1.77. The van der Waals surface area contributed by atoms with Crippen LogP contribution >= 0.6 is 11.3 Å². The van der Waals surface area contributed by atoms with Crippen LogP contribution in [0.5, 0.6) is 11.5 Å². The van der Waals surface area contributed by atoms with Gasteiger partial charge in [-0.15, -0.1) is 11.3 Å². The van der Waals surface area contributed by atoms with E-state index in [-0.39, 0.29) is 0 Å². The van der Waals surface area contributed by atoms with Gasteiger partial charge in [-0.3, -0.25) is 0 Å². The van der Waals surface area contributed by atoms with Crippen LogP contribution in [-0.4, -0.2) is 29.9 Å². The minimum absolute atomic E-state index is 0.583. The predicted octanol–water partition coefficient (Wildman–Crippen LogP) is 20.1. The van der Waals surface area contributed by atoms with E-state index in [1.54, 1.807) is 11.3 Å². The summed E-state index contributed by atoms with van der Waals surface area (Å²) in [6.07, 6.45) is 0. The van der Waals surface area contributed by atoms with Crippen LogP contribution in [0.4, 0.5) is 0 Å². The molecular weight excluding hydrogens is 1100 g/mol. The van der Waals surface area contributed by atoms with Crippen molar-refractivity contribution < 1.29 is 9.15 Å². The van der Waals surface area contributed by atoms with Gasteiger partial charge in [-0.2, -0.15) is 0 Å². The molecule has 0 bridgehead atoms. The number of fused-ring (bicyclic) bond motifs is 15. The topological polar surface area (TPSA) is 99.7 Å². The molecule has 9 heteroatoms. The molecule has 410 valence electrons. The van der Waals surface area contributed by atoms with E-state index >= 15 is 0 Å².